The molecule has 0 bridgehead atoms. The molecule has 2 aromatic carbocycles. The summed E-state index contributed by atoms with van der Waals surface area (Å²) in [5.74, 6) is -1.61. The third kappa shape index (κ3) is 5.01. The Hall–Kier alpha value is -4.13. The van der Waals surface area contributed by atoms with Crippen LogP contribution in [0, 0.1) is 12.7 Å². The molecule has 13 heteroatoms. The molecule has 1 fully saturated rings. The van der Waals surface area contributed by atoms with Gasteiger partial charge in [0.15, 0.2) is 5.82 Å². The van der Waals surface area contributed by atoms with Crippen LogP contribution in [0.2, 0.25) is 0 Å². The van der Waals surface area contributed by atoms with E-state index in [0.29, 0.717) is 22.8 Å². The molecule has 3 heterocycles. The van der Waals surface area contributed by atoms with Crippen molar-refractivity contribution in [3.05, 3.63) is 76.4 Å². The molecule has 38 heavy (non-hydrogen) atoms. The van der Waals surface area contributed by atoms with Crippen LogP contribution in [-0.2, 0) is 48.2 Å². The molecule has 2 N–H and O–H groups in total. The molecule has 0 saturated carbocycles. The van der Waals surface area contributed by atoms with E-state index in [4.69, 9.17) is 4.74 Å². The fraction of sp³-hybridized carbons (Fsp3) is 0.320. The molecular formula is C25H27FN6O5S. The first-order valence-electron chi connectivity index (χ1n) is 12.0. The van der Waals surface area contributed by atoms with Gasteiger partial charge in [0.25, 0.3) is 5.91 Å². The molecule has 1 aromatic heterocycles. The summed E-state index contributed by atoms with van der Waals surface area (Å²) in [6.45, 7) is 1.87. The summed E-state index contributed by atoms with van der Waals surface area (Å²) >= 11 is 0. The third-order valence-corrected chi connectivity index (χ3v) is 7.89. The number of ether oxygens (including phenoxy) is 1. The molecule has 0 spiro atoms. The van der Waals surface area contributed by atoms with Crippen LogP contribution in [0.1, 0.15) is 28.1 Å². The van der Waals surface area contributed by atoms with Gasteiger partial charge in [-0.3, -0.25) is 9.48 Å². The second kappa shape index (κ2) is 9.97. The first kappa shape index (κ1) is 25.5. The van der Waals surface area contributed by atoms with E-state index in [1.54, 1.807) is 17.8 Å². The Labute approximate surface area is 219 Å². The fourth-order valence-corrected chi connectivity index (χ4v) is 5.79. The highest BCUT2D eigenvalue weighted by Gasteiger charge is 2.39. The van der Waals surface area contributed by atoms with E-state index in [-0.39, 0.29) is 42.7 Å². The SMILES string of the molecule is Cc1cc(CNC(=O)N2CCc3cc(OCc4ccccc4)c(N4CC(=O)NS4(=O)=O)c(F)c3C2)n(C)n1. The van der Waals surface area contributed by atoms with Gasteiger partial charge in [0.1, 0.15) is 24.6 Å². The number of anilines is 1. The van der Waals surface area contributed by atoms with Crippen molar-refractivity contribution < 1.29 is 27.1 Å². The summed E-state index contributed by atoms with van der Waals surface area (Å²) in [6, 6.07) is 12.2. The Balaban J connectivity index is 1.43. The van der Waals surface area contributed by atoms with Gasteiger partial charge in [-0.1, -0.05) is 30.3 Å². The van der Waals surface area contributed by atoms with Crippen LogP contribution < -0.4 is 19.1 Å². The summed E-state index contributed by atoms with van der Waals surface area (Å²) in [5.41, 5.74) is 2.88. The smallest absolute Gasteiger partial charge is 0.326 e. The normalized spacial score (nSPS) is 16.2. The number of halogens is 1. The van der Waals surface area contributed by atoms with Crippen molar-refractivity contribution in [2.45, 2.75) is 33.0 Å². The van der Waals surface area contributed by atoms with Crippen LogP contribution in [0.5, 0.6) is 5.75 Å². The Morgan fingerprint density at radius 2 is 1.97 bits per heavy atom. The van der Waals surface area contributed by atoms with Crippen molar-refractivity contribution in [3.63, 3.8) is 0 Å². The van der Waals surface area contributed by atoms with Gasteiger partial charge < -0.3 is 15.0 Å². The zero-order valence-electron chi connectivity index (χ0n) is 20.9. The molecule has 3 aromatic rings. The predicted octanol–water partition coefficient (Wildman–Crippen LogP) is 1.90. The van der Waals surface area contributed by atoms with Crippen LogP contribution >= 0.6 is 0 Å². The maximum Gasteiger partial charge on any atom is 0.326 e. The molecular weight excluding hydrogens is 515 g/mol. The number of hydrogen-bond acceptors (Lipinski definition) is 6. The molecule has 11 nitrogen and oxygen atoms in total. The Bertz CT molecular complexity index is 1510. The van der Waals surface area contributed by atoms with Crippen LogP contribution in [0.4, 0.5) is 14.9 Å². The Morgan fingerprint density at radius 3 is 2.63 bits per heavy atom. The highest BCUT2D eigenvalue weighted by Crippen LogP contribution is 2.40. The quantitative estimate of drug-likeness (QED) is 0.490. The van der Waals surface area contributed by atoms with E-state index in [1.165, 1.54) is 4.90 Å². The second-order valence-corrected chi connectivity index (χ2v) is 10.8. The van der Waals surface area contributed by atoms with Crippen molar-refractivity contribution in [2.75, 3.05) is 17.4 Å². The number of nitrogens with zero attached hydrogens (tertiary/aromatic N) is 4. The maximum atomic E-state index is 16.1. The van der Waals surface area contributed by atoms with Gasteiger partial charge in [-0.05, 0) is 36.6 Å². The summed E-state index contributed by atoms with van der Waals surface area (Å²) in [6.07, 6.45) is 0.344. The molecule has 0 aliphatic carbocycles. The zero-order valence-corrected chi connectivity index (χ0v) is 21.7. The average Bonchev–Trinajstić information content (AvgIpc) is 3.35. The number of hydrogen-bond donors (Lipinski definition) is 2. The Kier molecular flexibility index (Phi) is 6.69. The van der Waals surface area contributed by atoms with Gasteiger partial charge in [0.05, 0.1) is 24.5 Å². The van der Waals surface area contributed by atoms with E-state index in [9.17, 15) is 18.0 Å². The number of benzene rings is 2. The minimum absolute atomic E-state index is 0.00894. The molecule has 3 amide bonds. The molecule has 2 aliphatic heterocycles. The van der Waals surface area contributed by atoms with Crippen molar-refractivity contribution in [2.24, 2.45) is 7.05 Å². The number of urea groups is 1. The second-order valence-electron chi connectivity index (χ2n) is 9.22. The lowest BCUT2D eigenvalue weighted by atomic mass is 9.97. The molecule has 2 aliphatic rings. The summed E-state index contributed by atoms with van der Waals surface area (Å²) in [4.78, 5) is 26.3. The van der Waals surface area contributed by atoms with Crippen molar-refractivity contribution >= 4 is 27.8 Å². The minimum Gasteiger partial charge on any atom is -0.487 e. The van der Waals surface area contributed by atoms with Gasteiger partial charge in [-0.2, -0.15) is 13.5 Å². The number of aromatic nitrogens is 2. The van der Waals surface area contributed by atoms with Gasteiger partial charge in [0, 0.05) is 19.2 Å². The highest BCUT2D eigenvalue weighted by molar-refractivity contribution is 7.92. The summed E-state index contributed by atoms with van der Waals surface area (Å²) in [7, 11) is -2.52. The lowest BCUT2D eigenvalue weighted by molar-refractivity contribution is -0.117. The van der Waals surface area contributed by atoms with Crippen molar-refractivity contribution in [1.82, 2.24) is 24.7 Å². The maximum absolute atomic E-state index is 16.1. The number of aryl methyl sites for hydroxylation is 2. The molecule has 0 unspecified atom stereocenters. The summed E-state index contributed by atoms with van der Waals surface area (Å²) in [5, 5.41) is 7.09. The number of amides is 3. The molecule has 5 rings (SSSR count). The first-order chi connectivity index (χ1) is 18.1. The molecule has 0 radical (unpaired) electrons. The predicted molar refractivity (Wildman–Crippen MR) is 136 cm³/mol. The average molecular weight is 543 g/mol. The third-order valence-electron chi connectivity index (χ3n) is 6.51. The molecule has 200 valence electrons. The first-order valence-corrected chi connectivity index (χ1v) is 13.4. The topological polar surface area (TPSA) is 126 Å². The number of carbonyl (C=O) groups excluding carboxylic acids is 2. The number of carbonyl (C=O) groups is 2. The minimum atomic E-state index is -4.30. The van der Waals surface area contributed by atoms with Gasteiger partial charge in [0.2, 0.25) is 0 Å². The lowest BCUT2D eigenvalue weighted by Gasteiger charge is -2.31. The summed E-state index contributed by atoms with van der Waals surface area (Å²) < 4.78 is 51.5. The van der Waals surface area contributed by atoms with E-state index in [0.717, 1.165) is 17.0 Å². The van der Waals surface area contributed by atoms with E-state index in [1.807, 2.05) is 48.0 Å². The van der Waals surface area contributed by atoms with Gasteiger partial charge in [-0.15, -0.1) is 0 Å². The van der Waals surface area contributed by atoms with Gasteiger partial charge in [-0.25, -0.2) is 18.2 Å². The number of rotatable bonds is 6. The van der Waals surface area contributed by atoms with E-state index in [2.05, 4.69) is 10.4 Å². The highest BCUT2D eigenvalue weighted by atomic mass is 32.2. The van der Waals surface area contributed by atoms with Crippen molar-refractivity contribution in [1.29, 1.82) is 0 Å². The van der Waals surface area contributed by atoms with Crippen LogP contribution in [0.3, 0.4) is 0 Å². The Morgan fingerprint density at radius 1 is 1.21 bits per heavy atom. The van der Waals surface area contributed by atoms with E-state index >= 15 is 4.39 Å². The molecule has 0 atom stereocenters. The van der Waals surface area contributed by atoms with E-state index < -0.39 is 28.5 Å². The monoisotopic (exact) mass is 542 g/mol. The van der Waals surface area contributed by atoms with Crippen LogP contribution in [-0.4, -0.2) is 48.1 Å². The largest absolute Gasteiger partial charge is 0.487 e. The standard InChI is InChI=1S/C25H27FN6O5S/c1-16-10-19(30(2)28-16)12-27-25(34)31-9-8-18-11-21(37-15-17-6-4-3-5-7-17)24(23(26)20(18)13-31)32-14-22(33)29-38(32,35)36/h3-7,10-11H,8-9,12-15H2,1-2H3,(H,27,34)(H,29,33). The lowest BCUT2D eigenvalue weighted by Crippen LogP contribution is -2.43. The number of fused-ring (bicyclic) bond motifs is 1. The number of nitrogens with one attached hydrogen (secondary N) is 2. The molecule has 1 saturated heterocycles. The van der Waals surface area contributed by atoms with Gasteiger partial charge >= 0.3 is 16.2 Å². The van der Waals surface area contributed by atoms with Crippen LogP contribution in [0.25, 0.3) is 0 Å². The fourth-order valence-electron chi connectivity index (χ4n) is 4.63. The van der Waals surface area contributed by atoms with Crippen molar-refractivity contribution in [3.8, 4) is 5.75 Å². The zero-order chi connectivity index (χ0) is 27.0. The van der Waals surface area contributed by atoms with Crippen LogP contribution in [0.15, 0.2) is 42.5 Å².